The maximum Gasteiger partial charge on any atom is 0.0242 e. The van der Waals surface area contributed by atoms with E-state index in [1.165, 1.54) is 18.4 Å². The van der Waals surface area contributed by atoms with Crippen molar-refractivity contribution in [2.75, 3.05) is 0 Å². The molecule has 1 aromatic rings. The molecule has 1 rings (SSSR count). The van der Waals surface area contributed by atoms with Crippen molar-refractivity contribution in [3.63, 3.8) is 0 Å². The van der Waals surface area contributed by atoms with Gasteiger partial charge in [-0.3, -0.25) is 0 Å². The predicted octanol–water partition coefficient (Wildman–Crippen LogP) is 4.38. The zero-order valence-electron chi connectivity index (χ0n) is 10.9. The van der Waals surface area contributed by atoms with E-state index in [0.717, 1.165) is 11.5 Å². The van der Waals surface area contributed by atoms with E-state index in [0.29, 0.717) is 0 Å². The summed E-state index contributed by atoms with van der Waals surface area (Å²) in [7, 11) is 0. The van der Waals surface area contributed by atoms with Gasteiger partial charge in [-0.25, -0.2) is 0 Å². The molecule has 0 unspecified atom stereocenters. The molecule has 16 heavy (non-hydrogen) atoms. The maximum atomic E-state index is 5.36. The molecule has 0 atom stereocenters. The van der Waals surface area contributed by atoms with E-state index in [4.69, 9.17) is 6.42 Å². The van der Waals surface area contributed by atoms with E-state index in [-0.39, 0.29) is 5.41 Å². The van der Waals surface area contributed by atoms with Crippen molar-refractivity contribution >= 4 is 0 Å². The molecule has 0 amide bonds. The quantitative estimate of drug-likeness (QED) is 0.652. The Morgan fingerprint density at radius 1 is 1.19 bits per heavy atom. The Morgan fingerprint density at radius 2 is 1.75 bits per heavy atom. The average Bonchev–Trinajstić information content (AvgIpc) is 2.27. The monoisotopic (exact) mass is 214 g/mol. The van der Waals surface area contributed by atoms with Crippen LogP contribution < -0.4 is 0 Å². The van der Waals surface area contributed by atoms with Gasteiger partial charge in [-0.15, -0.1) is 6.42 Å². The highest BCUT2D eigenvalue weighted by Gasteiger charge is 2.20. The van der Waals surface area contributed by atoms with Crippen molar-refractivity contribution in [2.24, 2.45) is 5.92 Å². The number of rotatable bonds is 4. The standard InChI is InChI=1S/C16H22/c1-6-14-7-9-15(10-8-14)16(4,5)12-11-13(2)3/h1,7-10,13H,11-12H2,2-5H3. The lowest BCUT2D eigenvalue weighted by Gasteiger charge is -2.26. The largest absolute Gasteiger partial charge is 0.115 e. The van der Waals surface area contributed by atoms with Gasteiger partial charge in [0.25, 0.3) is 0 Å². The topological polar surface area (TPSA) is 0 Å². The van der Waals surface area contributed by atoms with Crippen molar-refractivity contribution in [3.05, 3.63) is 35.4 Å². The minimum Gasteiger partial charge on any atom is -0.115 e. The molecule has 0 aliphatic rings. The van der Waals surface area contributed by atoms with Crippen LogP contribution in [0.3, 0.4) is 0 Å². The lowest BCUT2D eigenvalue weighted by Crippen LogP contribution is -2.17. The third-order valence-corrected chi connectivity index (χ3v) is 3.18. The van der Waals surface area contributed by atoms with Crippen molar-refractivity contribution in [1.29, 1.82) is 0 Å². The predicted molar refractivity (Wildman–Crippen MR) is 71.5 cm³/mol. The maximum absolute atomic E-state index is 5.36. The van der Waals surface area contributed by atoms with Gasteiger partial charge in [0.15, 0.2) is 0 Å². The Morgan fingerprint density at radius 3 is 2.19 bits per heavy atom. The van der Waals surface area contributed by atoms with Gasteiger partial charge < -0.3 is 0 Å². The molecule has 0 N–H and O–H groups in total. The highest BCUT2D eigenvalue weighted by Crippen LogP contribution is 2.29. The van der Waals surface area contributed by atoms with Crippen LogP contribution in [0.5, 0.6) is 0 Å². The van der Waals surface area contributed by atoms with E-state index in [9.17, 15) is 0 Å². The molecule has 1 aromatic carbocycles. The summed E-state index contributed by atoms with van der Waals surface area (Å²) in [6.45, 7) is 9.16. The normalized spacial score (nSPS) is 11.5. The first-order chi connectivity index (χ1) is 7.45. The molecule has 0 spiro atoms. The molecular weight excluding hydrogens is 192 g/mol. The van der Waals surface area contributed by atoms with Crippen molar-refractivity contribution in [1.82, 2.24) is 0 Å². The van der Waals surface area contributed by atoms with Crippen LogP contribution in [0.15, 0.2) is 24.3 Å². The van der Waals surface area contributed by atoms with Crippen LogP contribution in [0.2, 0.25) is 0 Å². The first-order valence-electron chi connectivity index (χ1n) is 6.03. The minimum absolute atomic E-state index is 0.247. The molecule has 0 saturated carbocycles. The van der Waals surface area contributed by atoms with E-state index >= 15 is 0 Å². The van der Waals surface area contributed by atoms with Crippen LogP contribution in [-0.2, 0) is 5.41 Å². The van der Waals surface area contributed by atoms with Crippen molar-refractivity contribution in [2.45, 2.75) is 46.0 Å². The number of benzene rings is 1. The SMILES string of the molecule is C#Cc1ccc(C(C)(C)CCC(C)C)cc1. The molecular formula is C16H22. The number of terminal acetylenes is 1. The fraction of sp³-hybridized carbons (Fsp3) is 0.500. The molecule has 0 fully saturated rings. The minimum atomic E-state index is 0.247. The summed E-state index contributed by atoms with van der Waals surface area (Å²) in [6, 6.07) is 8.39. The number of hydrogen-bond donors (Lipinski definition) is 0. The molecule has 0 heteroatoms. The van der Waals surface area contributed by atoms with Crippen LogP contribution in [0.25, 0.3) is 0 Å². The van der Waals surface area contributed by atoms with Crippen molar-refractivity contribution in [3.8, 4) is 12.3 Å². The average molecular weight is 214 g/mol. The third kappa shape index (κ3) is 3.42. The molecule has 86 valence electrons. The first kappa shape index (κ1) is 12.8. The van der Waals surface area contributed by atoms with Gasteiger partial charge in [0.05, 0.1) is 0 Å². The lowest BCUT2D eigenvalue weighted by atomic mass is 9.79. The first-order valence-corrected chi connectivity index (χ1v) is 6.03. The number of hydrogen-bond acceptors (Lipinski definition) is 0. The highest BCUT2D eigenvalue weighted by atomic mass is 14.2. The molecule has 0 bridgehead atoms. The Balaban J connectivity index is 2.77. The van der Waals surface area contributed by atoms with Crippen LogP contribution in [-0.4, -0.2) is 0 Å². The summed E-state index contributed by atoms with van der Waals surface area (Å²) < 4.78 is 0. The van der Waals surface area contributed by atoms with Gasteiger partial charge in [0, 0.05) is 5.56 Å². The highest BCUT2D eigenvalue weighted by molar-refractivity contribution is 5.36. The van der Waals surface area contributed by atoms with Crippen LogP contribution in [0.4, 0.5) is 0 Å². The second kappa shape index (κ2) is 5.21. The van der Waals surface area contributed by atoms with E-state index in [2.05, 4.69) is 45.7 Å². The zero-order chi connectivity index (χ0) is 12.2. The molecule has 0 aromatic heterocycles. The fourth-order valence-corrected chi connectivity index (χ4v) is 1.81. The Hall–Kier alpha value is -1.22. The van der Waals surface area contributed by atoms with Gasteiger partial charge in [-0.05, 0) is 35.4 Å². The summed E-state index contributed by atoms with van der Waals surface area (Å²) in [4.78, 5) is 0. The summed E-state index contributed by atoms with van der Waals surface area (Å²) in [5.74, 6) is 3.42. The van der Waals surface area contributed by atoms with E-state index in [1.54, 1.807) is 0 Å². The second-order valence-electron chi connectivity index (χ2n) is 5.54. The van der Waals surface area contributed by atoms with Crippen LogP contribution in [0.1, 0.15) is 51.7 Å². The van der Waals surface area contributed by atoms with Crippen LogP contribution in [0, 0.1) is 18.3 Å². The van der Waals surface area contributed by atoms with E-state index < -0.39 is 0 Å². The van der Waals surface area contributed by atoms with Gasteiger partial charge >= 0.3 is 0 Å². The molecule has 0 heterocycles. The third-order valence-electron chi connectivity index (χ3n) is 3.18. The second-order valence-corrected chi connectivity index (χ2v) is 5.54. The van der Waals surface area contributed by atoms with Gasteiger partial charge in [-0.1, -0.05) is 52.2 Å². The lowest BCUT2D eigenvalue weighted by molar-refractivity contribution is 0.415. The molecule has 0 aliphatic carbocycles. The zero-order valence-corrected chi connectivity index (χ0v) is 10.9. The molecule has 0 radical (unpaired) electrons. The molecule has 0 saturated heterocycles. The van der Waals surface area contributed by atoms with E-state index in [1.807, 2.05) is 12.1 Å². The Labute approximate surface area is 100 Å². The Bertz CT molecular complexity index is 360. The van der Waals surface area contributed by atoms with Crippen LogP contribution >= 0.6 is 0 Å². The smallest absolute Gasteiger partial charge is 0.0242 e. The van der Waals surface area contributed by atoms with Gasteiger partial charge in [-0.2, -0.15) is 0 Å². The van der Waals surface area contributed by atoms with Crippen molar-refractivity contribution < 1.29 is 0 Å². The fourth-order valence-electron chi connectivity index (χ4n) is 1.81. The van der Waals surface area contributed by atoms with Gasteiger partial charge in [0.2, 0.25) is 0 Å². The molecule has 0 nitrogen and oxygen atoms in total. The summed E-state index contributed by atoms with van der Waals surface area (Å²) >= 11 is 0. The molecule has 0 aliphatic heterocycles. The van der Waals surface area contributed by atoms with Gasteiger partial charge in [0.1, 0.15) is 0 Å². The Kier molecular flexibility index (Phi) is 4.19. The summed E-state index contributed by atoms with van der Waals surface area (Å²) in [5, 5.41) is 0. The summed E-state index contributed by atoms with van der Waals surface area (Å²) in [6.07, 6.45) is 7.85. The summed E-state index contributed by atoms with van der Waals surface area (Å²) in [5.41, 5.74) is 2.59.